The zero-order valence-electron chi connectivity index (χ0n) is 7.89. The standard InChI is InChI=1S/C10H17N/c1-7(2)8(3)10-5-6-11-9(10)4/h6-7,9H,5H2,1-4H3. The molecule has 0 spiro atoms. The predicted molar refractivity (Wildman–Crippen MR) is 50.1 cm³/mol. The molecule has 1 aliphatic heterocycles. The maximum absolute atomic E-state index is 4.34. The summed E-state index contributed by atoms with van der Waals surface area (Å²) in [7, 11) is 0. The summed E-state index contributed by atoms with van der Waals surface area (Å²) in [5.41, 5.74) is 3.05. The van der Waals surface area contributed by atoms with Gasteiger partial charge in [-0.3, -0.25) is 4.99 Å². The molecule has 0 aromatic heterocycles. The van der Waals surface area contributed by atoms with Crippen LogP contribution in [0.15, 0.2) is 16.1 Å². The van der Waals surface area contributed by atoms with Crippen LogP contribution in [-0.4, -0.2) is 12.3 Å². The first kappa shape index (κ1) is 8.51. The van der Waals surface area contributed by atoms with E-state index in [1.807, 2.05) is 6.21 Å². The molecule has 1 rings (SSSR count). The van der Waals surface area contributed by atoms with Crippen LogP contribution < -0.4 is 0 Å². The molecule has 1 heteroatoms. The highest BCUT2D eigenvalue weighted by molar-refractivity contribution is 5.66. The van der Waals surface area contributed by atoms with Gasteiger partial charge in [0.2, 0.25) is 0 Å². The Morgan fingerprint density at radius 3 is 2.64 bits per heavy atom. The molecule has 0 radical (unpaired) electrons. The summed E-state index contributed by atoms with van der Waals surface area (Å²) in [4.78, 5) is 4.34. The van der Waals surface area contributed by atoms with Gasteiger partial charge in [-0.15, -0.1) is 0 Å². The number of hydrogen-bond donors (Lipinski definition) is 0. The quantitative estimate of drug-likeness (QED) is 0.511. The molecule has 0 N–H and O–H groups in total. The Morgan fingerprint density at radius 1 is 1.64 bits per heavy atom. The zero-order chi connectivity index (χ0) is 8.43. The van der Waals surface area contributed by atoms with Crippen molar-refractivity contribution in [2.45, 2.75) is 40.2 Å². The summed E-state index contributed by atoms with van der Waals surface area (Å²) in [6.07, 6.45) is 3.11. The van der Waals surface area contributed by atoms with Crippen molar-refractivity contribution in [1.82, 2.24) is 0 Å². The molecule has 0 saturated heterocycles. The molecule has 11 heavy (non-hydrogen) atoms. The Kier molecular flexibility index (Phi) is 2.48. The van der Waals surface area contributed by atoms with Crippen LogP contribution >= 0.6 is 0 Å². The van der Waals surface area contributed by atoms with Gasteiger partial charge in [-0.05, 0) is 25.3 Å². The first-order chi connectivity index (χ1) is 5.13. The van der Waals surface area contributed by atoms with Crippen molar-refractivity contribution in [3.05, 3.63) is 11.1 Å². The Hall–Kier alpha value is -0.590. The van der Waals surface area contributed by atoms with E-state index in [1.54, 1.807) is 0 Å². The van der Waals surface area contributed by atoms with E-state index in [2.05, 4.69) is 32.7 Å². The van der Waals surface area contributed by atoms with Crippen LogP contribution in [0.1, 0.15) is 34.1 Å². The monoisotopic (exact) mass is 151 g/mol. The second kappa shape index (κ2) is 3.21. The van der Waals surface area contributed by atoms with E-state index in [4.69, 9.17) is 0 Å². The van der Waals surface area contributed by atoms with E-state index >= 15 is 0 Å². The van der Waals surface area contributed by atoms with Gasteiger partial charge in [-0.2, -0.15) is 0 Å². The number of allylic oxidation sites excluding steroid dienone is 1. The lowest BCUT2D eigenvalue weighted by Gasteiger charge is -2.12. The Morgan fingerprint density at radius 2 is 2.27 bits per heavy atom. The lowest BCUT2D eigenvalue weighted by Crippen LogP contribution is -2.03. The van der Waals surface area contributed by atoms with E-state index in [9.17, 15) is 0 Å². The van der Waals surface area contributed by atoms with Crippen LogP contribution in [0.5, 0.6) is 0 Å². The highest BCUT2D eigenvalue weighted by Gasteiger charge is 2.15. The van der Waals surface area contributed by atoms with Crippen molar-refractivity contribution in [1.29, 1.82) is 0 Å². The molecule has 0 bridgehead atoms. The third-order valence-electron chi connectivity index (χ3n) is 2.52. The second-order valence-corrected chi connectivity index (χ2v) is 3.57. The van der Waals surface area contributed by atoms with E-state index in [0.29, 0.717) is 12.0 Å². The van der Waals surface area contributed by atoms with E-state index in [0.717, 1.165) is 6.42 Å². The van der Waals surface area contributed by atoms with Gasteiger partial charge in [0.1, 0.15) is 0 Å². The second-order valence-electron chi connectivity index (χ2n) is 3.57. The first-order valence-corrected chi connectivity index (χ1v) is 4.34. The summed E-state index contributed by atoms with van der Waals surface area (Å²) in [6, 6.07) is 0.442. The molecule has 0 aliphatic carbocycles. The molecular formula is C10H17N. The van der Waals surface area contributed by atoms with Gasteiger partial charge in [-0.25, -0.2) is 0 Å². The summed E-state index contributed by atoms with van der Waals surface area (Å²) in [5, 5.41) is 0. The number of hydrogen-bond acceptors (Lipinski definition) is 1. The largest absolute Gasteiger partial charge is 0.290 e. The van der Waals surface area contributed by atoms with Crippen LogP contribution in [-0.2, 0) is 0 Å². The third-order valence-corrected chi connectivity index (χ3v) is 2.52. The van der Waals surface area contributed by atoms with Crippen molar-refractivity contribution in [2.75, 3.05) is 0 Å². The van der Waals surface area contributed by atoms with Crippen LogP contribution in [0, 0.1) is 5.92 Å². The van der Waals surface area contributed by atoms with Gasteiger partial charge in [0.25, 0.3) is 0 Å². The molecule has 0 fully saturated rings. The molecule has 1 heterocycles. The van der Waals surface area contributed by atoms with Crippen LogP contribution in [0.3, 0.4) is 0 Å². The SMILES string of the molecule is CC(=C1CC=NC1C)C(C)C. The Bertz CT molecular complexity index is 199. The Balaban J connectivity index is 2.80. The predicted octanol–water partition coefficient (Wildman–Crippen LogP) is 2.82. The summed E-state index contributed by atoms with van der Waals surface area (Å²) in [6.45, 7) is 8.89. The minimum atomic E-state index is 0.442. The Labute approximate surface area is 69.2 Å². The maximum atomic E-state index is 4.34. The van der Waals surface area contributed by atoms with E-state index in [-0.39, 0.29) is 0 Å². The van der Waals surface area contributed by atoms with Gasteiger partial charge in [0.15, 0.2) is 0 Å². The summed E-state index contributed by atoms with van der Waals surface area (Å²) in [5.74, 6) is 0.675. The third kappa shape index (κ3) is 1.70. The highest BCUT2D eigenvalue weighted by atomic mass is 14.8. The average molecular weight is 151 g/mol. The van der Waals surface area contributed by atoms with Crippen LogP contribution in [0.25, 0.3) is 0 Å². The summed E-state index contributed by atoms with van der Waals surface area (Å²) >= 11 is 0. The van der Waals surface area contributed by atoms with Gasteiger partial charge in [-0.1, -0.05) is 19.4 Å². The molecule has 0 aromatic rings. The van der Waals surface area contributed by atoms with Crippen molar-refractivity contribution in [2.24, 2.45) is 10.9 Å². The average Bonchev–Trinajstić information content (AvgIpc) is 2.33. The minimum Gasteiger partial charge on any atom is -0.290 e. The number of rotatable bonds is 1. The molecule has 0 saturated carbocycles. The van der Waals surface area contributed by atoms with Gasteiger partial charge in [0, 0.05) is 12.6 Å². The number of nitrogens with zero attached hydrogens (tertiary/aromatic N) is 1. The molecule has 1 unspecified atom stereocenters. The molecule has 0 amide bonds. The van der Waals surface area contributed by atoms with Crippen molar-refractivity contribution in [3.8, 4) is 0 Å². The molecule has 62 valence electrons. The fourth-order valence-electron chi connectivity index (χ4n) is 1.43. The first-order valence-electron chi connectivity index (χ1n) is 4.34. The molecule has 1 nitrogen and oxygen atoms in total. The van der Waals surface area contributed by atoms with Crippen molar-refractivity contribution < 1.29 is 0 Å². The van der Waals surface area contributed by atoms with Crippen molar-refractivity contribution >= 4 is 6.21 Å². The van der Waals surface area contributed by atoms with Crippen molar-refractivity contribution in [3.63, 3.8) is 0 Å². The smallest absolute Gasteiger partial charge is 0.0683 e. The van der Waals surface area contributed by atoms with Gasteiger partial charge in [0.05, 0.1) is 6.04 Å². The molecule has 1 atom stereocenters. The topological polar surface area (TPSA) is 12.4 Å². The zero-order valence-corrected chi connectivity index (χ0v) is 7.89. The fourth-order valence-corrected chi connectivity index (χ4v) is 1.43. The molecule has 0 aromatic carbocycles. The normalized spacial score (nSPS) is 28.3. The fraction of sp³-hybridized carbons (Fsp3) is 0.700. The maximum Gasteiger partial charge on any atom is 0.0683 e. The lowest BCUT2D eigenvalue weighted by atomic mass is 9.95. The molecular weight excluding hydrogens is 134 g/mol. The van der Waals surface area contributed by atoms with E-state index in [1.165, 1.54) is 11.1 Å². The summed E-state index contributed by atoms with van der Waals surface area (Å²) < 4.78 is 0. The van der Waals surface area contributed by atoms with E-state index < -0.39 is 0 Å². The molecule has 1 aliphatic rings. The van der Waals surface area contributed by atoms with Crippen LogP contribution in [0.2, 0.25) is 0 Å². The lowest BCUT2D eigenvalue weighted by molar-refractivity contribution is 0.731. The minimum absolute atomic E-state index is 0.442. The van der Waals surface area contributed by atoms with Crippen LogP contribution in [0.4, 0.5) is 0 Å². The van der Waals surface area contributed by atoms with Gasteiger partial charge >= 0.3 is 0 Å². The van der Waals surface area contributed by atoms with Gasteiger partial charge < -0.3 is 0 Å². The highest BCUT2D eigenvalue weighted by Crippen LogP contribution is 2.24. The number of aliphatic imine (C=N–C) groups is 1.